The van der Waals surface area contributed by atoms with E-state index in [1.807, 2.05) is 6.07 Å². The van der Waals surface area contributed by atoms with E-state index in [0.717, 1.165) is 4.47 Å². The minimum atomic E-state index is -3.81. The first-order valence-electron chi connectivity index (χ1n) is 7.67. The third-order valence-corrected chi connectivity index (χ3v) is 4.70. The highest BCUT2D eigenvalue weighted by Gasteiger charge is 2.18. The molecule has 0 aliphatic carbocycles. The Bertz CT molecular complexity index is 931. The SMILES string of the molecule is CC(OC(=O)COc1cccc(Br)c1)C(=O)Nc1ccc(S(N)(=O)=O)cc1. The highest BCUT2D eigenvalue weighted by Crippen LogP contribution is 2.18. The molecule has 0 radical (unpaired) electrons. The van der Waals surface area contributed by atoms with Gasteiger partial charge in [-0.2, -0.15) is 0 Å². The summed E-state index contributed by atoms with van der Waals surface area (Å²) in [5, 5.41) is 7.51. The molecule has 27 heavy (non-hydrogen) atoms. The number of halogens is 1. The van der Waals surface area contributed by atoms with Crippen LogP contribution in [0.1, 0.15) is 6.92 Å². The van der Waals surface area contributed by atoms with Crippen LogP contribution >= 0.6 is 15.9 Å². The van der Waals surface area contributed by atoms with Gasteiger partial charge >= 0.3 is 5.97 Å². The van der Waals surface area contributed by atoms with Crippen LogP contribution in [0.3, 0.4) is 0 Å². The maximum Gasteiger partial charge on any atom is 0.344 e. The monoisotopic (exact) mass is 456 g/mol. The summed E-state index contributed by atoms with van der Waals surface area (Å²) in [5.41, 5.74) is 0.334. The molecule has 1 atom stereocenters. The van der Waals surface area contributed by atoms with Crippen LogP contribution in [-0.2, 0) is 24.3 Å². The molecule has 0 spiro atoms. The molecule has 2 aromatic carbocycles. The summed E-state index contributed by atoms with van der Waals surface area (Å²) in [7, 11) is -3.81. The van der Waals surface area contributed by atoms with Gasteiger partial charge in [0.1, 0.15) is 5.75 Å². The first-order chi connectivity index (χ1) is 12.6. The molecule has 0 aliphatic rings. The molecule has 1 unspecified atom stereocenters. The molecule has 0 aliphatic heterocycles. The number of ether oxygens (including phenoxy) is 2. The number of rotatable bonds is 7. The van der Waals surface area contributed by atoms with Gasteiger partial charge in [0.25, 0.3) is 5.91 Å². The standard InChI is InChI=1S/C17H17BrN2O6S/c1-11(26-16(21)10-25-14-4-2-3-12(18)9-14)17(22)20-13-5-7-15(8-6-13)27(19,23)24/h2-9,11H,10H2,1H3,(H,20,22)(H2,19,23,24). The number of carbonyl (C=O) groups is 2. The van der Waals surface area contributed by atoms with Gasteiger partial charge in [0.05, 0.1) is 4.90 Å². The summed E-state index contributed by atoms with van der Waals surface area (Å²) >= 11 is 3.29. The van der Waals surface area contributed by atoms with Crippen molar-refractivity contribution in [1.82, 2.24) is 0 Å². The van der Waals surface area contributed by atoms with Crippen molar-refractivity contribution < 1.29 is 27.5 Å². The summed E-state index contributed by atoms with van der Waals surface area (Å²) < 4.78 is 33.5. The number of sulfonamides is 1. The van der Waals surface area contributed by atoms with Gasteiger partial charge in [-0.05, 0) is 49.4 Å². The molecular weight excluding hydrogens is 440 g/mol. The van der Waals surface area contributed by atoms with E-state index < -0.39 is 28.0 Å². The Balaban J connectivity index is 1.84. The number of esters is 1. The van der Waals surface area contributed by atoms with Crippen molar-refractivity contribution in [3.8, 4) is 5.75 Å². The van der Waals surface area contributed by atoms with Crippen molar-refractivity contribution in [2.45, 2.75) is 17.9 Å². The topological polar surface area (TPSA) is 125 Å². The van der Waals surface area contributed by atoms with Gasteiger partial charge in [0, 0.05) is 10.2 Å². The summed E-state index contributed by atoms with van der Waals surface area (Å²) in [6, 6.07) is 12.2. The third-order valence-electron chi connectivity index (χ3n) is 3.28. The maximum absolute atomic E-state index is 12.1. The zero-order chi connectivity index (χ0) is 20.0. The first-order valence-corrected chi connectivity index (χ1v) is 10.0. The largest absolute Gasteiger partial charge is 0.482 e. The van der Waals surface area contributed by atoms with Crippen LogP contribution in [0.25, 0.3) is 0 Å². The predicted octanol–water partition coefficient (Wildman–Crippen LogP) is 2.05. The van der Waals surface area contributed by atoms with E-state index in [4.69, 9.17) is 14.6 Å². The van der Waals surface area contributed by atoms with Crippen LogP contribution in [0.4, 0.5) is 5.69 Å². The normalized spacial score (nSPS) is 12.1. The second-order valence-electron chi connectivity index (χ2n) is 5.44. The van der Waals surface area contributed by atoms with Crippen molar-refractivity contribution in [3.05, 3.63) is 53.0 Å². The van der Waals surface area contributed by atoms with Gasteiger partial charge in [0.15, 0.2) is 12.7 Å². The van der Waals surface area contributed by atoms with Crippen molar-refractivity contribution in [2.75, 3.05) is 11.9 Å². The number of primary sulfonamides is 1. The average molecular weight is 457 g/mol. The lowest BCUT2D eigenvalue weighted by molar-refractivity contribution is -0.155. The van der Waals surface area contributed by atoms with Crippen molar-refractivity contribution in [3.63, 3.8) is 0 Å². The number of anilines is 1. The van der Waals surface area contributed by atoms with E-state index >= 15 is 0 Å². The maximum atomic E-state index is 12.1. The molecular formula is C17H17BrN2O6S. The number of amides is 1. The Morgan fingerprint density at radius 3 is 2.44 bits per heavy atom. The molecule has 8 nitrogen and oxygen atoms in total. The Hall–Kier alpha value is -2.43. The van der Waals surface area contributed by atoms with E-state index in [-0.39, 0.29) is 11.5 Å². The molecule has 0 saturated heterocycles. The highest BCUT2D eigenvalue weighted by atomic mass is 79.9. The number of carbonyl (C=O) groups excluding carboxylic acids is 2. The van der Waals surface area contributed by atoms with Gasteiger partial charge in [-0.25, -0.2) is 18.4 Å². The van der Waals surface area contributed by atoms with Crippen molar-refractivity contribution >= 4 is 43.5 Å². The minimum Gasteiger partial charge on any atom is -0.482 e. The fraction of sp³-hybridized carbons (Fsp3) is 0.176. The van der Waals surface area contributed by atoms with Gasteiger partial charge in [-0.1, -0.05) is 22.0 Å². The fourth-order valence-corrected chi connectivity index (χ4v) is 2.85. The summed E-state index contributed by atoms with van der Waals surface area (Å²) in [5.74, 6) is -0.801. The quantitative estimate of drug-likeness (QED) is 0.614. The Morgan fingerprint density at radius 1 is 1.19 bits per heavy atom. The lowest BCUT2D eigenvalue weighted by atomic mass is 10.3. The third kappa shape index (κ3) is 6.66. The molecule has 0 heterocycles. The smallest absolute Gasteiger partial charge is 0.344 e. The summed E-state index contributed by atoms with van der Waals surface area (Å²) in [4.78, 5) is 23.8. The van der Waals surface area contributed by atoms with Crippen LogP contribution in [-0.4, -0.2) is 33.0 Å². The minimum absolute atomic E-state index is 0.0790. The Kier molecular flexibility index (Phi) is 6.94. The molecule has 0 bridgehead atoms. The molecule has 3 N–H and O–H groups in total. The van der Waals surface area contributed by atoms with E-state index in [1.165, 1.54) is 31.2 Å². The first kappa shape index (κ1) is 20.9. The number of hydrogen-bond acceptors (Lipinski definition) is 6. The molecule has 2 rings (SSSR count). The van der Waals surface area contributed by atoms with Crippen molar-refractivity contribution in [2.24, 2.45) is 5.14 Å². The van der Waals surface area contributed by atoms with Crippen LogP contribution in [0.5, 0.6) is 5.75 Å². The second-order valence-corrected chi connectivity index (χ2v) is 7.91. The second kappa shape index (κ2) is 8.98. The lowest BCUT2D eigenvalue weighted by Gasteiger charge is -2.14. The van der Waals surface area contributed by atoms with E-state index in [0.29, 0.717) is 11.4 Å². The molecule has 0 aromatic heterocycles. The molecule has 0 saturated carbocycles. The zero-order valence-corrected chi connectivity index (χ0v) is 16.6. The van der Waals surface area contributed by atoms with Crippen LogP contribution in [0, 0.1) is 0 Å². The van der Waals surface area contributed by atoms with Crippen LogP contribution in [0.2, 0.25) is 0 Å². The molecule has 2 aromatic rings. The number of hydrogen-bond donors (Lipinski definition) is 2. The average Bonchev–Trinajstić information content (AvgIpc) is 2.59. The van der Waals surface area contributed by atoms with Gasteiger partial charge < -0.3 is 14.8 Å². The van der Waals surface area contributed by atoms with Gasteiger partial charge in [0.2, 0.25) is 10.0 Å². The van der Waals surface area contributed by atoms with Crippen LogP contribution < -0.4 is 15.2 Å². The highest BCUT2D eigenvalue weighted by molar-refractivity contribution is 9.10. The van der Waals surface area contributed by atoms with Gasteiger partial charge in [-0.3, -0.25) is 4.79 Å². The Morgan fingerprint density at radius 2 is 1.85 bits per heavy atom. The molecule has 10 heteroatoms. The molecule has 1 amide bonds. The van der Waals surface area contributed by atoms with Crippen LogP contribution in [0.15, 0.2) is 57.9 Å². The van der Waals surface area contributed by atoms with Crippen molar-refractivity contribution in [1.29, 1.82) is 0 Å². The zero-order valence-electron chi connectivity index (χ0n) is 14.2. The summed E-state index contributed by atoms with van der Waals surface area (Å²) in [6.07, 6.45) is -1.07. The Labute approximate surface area is 164 Å². The fourth-order valence-electron chi connectivity index (χ4n) is 1.96. The predicted molar refractivity (Wildman–Crippen MR) is 102 cm³/mol. The molecule has 144 valence electrons. The van der Waals surface area contributed by atoms with E-state index in [1.54, 1.807) is 18.2 Å². The lowest BCUT2D eigenvalue weighted by Crippen LogP contribution is -2.31. The number of benzene rings is 2. The summed E-state index contributed by atoms with van der Waals surface area (Å²) in [6.45, 7) is 1.06. The number of nitrogens with two attached hydrogens (primary N) is 1. The van der Waals surface area contributed by atoms with E-state index in [9.17, 15) is 18.0 Å². The molecule has 0 fully saturated rings. The number of nitrogens with one attached hydrogen (secondary N) is 1. The van der Waals surface area contributed by atoms with Gasteiger partial charge in [-0.15, -0.1) is 0 Å². The van der Waals surface area contributed by atoms with E-state index in [2.05, 4.69) is 21.2 Å².